The monoisotopic (exact) mass is 416 g/mol. The fraction of sp³-hybridized carbons (Fsp3) is 0.696. The molecular formula is C23H28O7. The SMILES string of the molecule is C=C1C[C@]23C[C@H]1CC[C@@]21O[C@]12C=C[C@H](OC(C)=O)[C@@](C)(C(=O)OC)[C@H]2[C@@H]3C(=O)OC. The van der Waals surface area contributed by atoms with Crippen LogP contribution in [-0.4, -0.2) is 49.4 Å². The van der Waals surface area contributed by atoms with Crippen molar-refractivity contribution in [2.75, 3.05) is 14.2 Å². The largest absolute Gasteiger partial charge is 0.469 e. The van der Waals surface area contributed by atoms with Gasteiger partial charge in [0, 0.05) is 18.3 Å². The molecular weight excluding hydrogens is 388 g/mol. The number of carbonyl (C=O) groups is 3. The Bertz CT molecular complexity index is 907. The molecule has 3 spiro atoms. The fourth-order valence-electron chi connectivity index (χ4n) is 7.78. The van der Waals surface area contributed by atoms with Crippen LogP contribution < -0.4 is 0 Å². The number of fused-ring (bicyclic) bond motifs is 1. The number of epoxide rings is 1. The van der Waals surface area contributed by atoms with Gasteiger partial charge >= 0.3 is 17.9 Å². The third-order valence-electron chi connectivity index (χ3n) is 8.83. The molecule has 7 nitrogen and oxygen atoms in total. The lowest BCUT2D eigenvalue weighted by Crippen LogP contribution is -2.57. The van der Waals surface area contributed by atoms with E-state index in [1.165, 1.54) is 21.1 Å². The van der Waals surface area contributed by atoms with E-state index in [1.54, 1.807) is 13.0 Å². The Hall–Kier alpha value is -2.15. The van der Waals surface area contributed by atoms with Gasteiger partial charge in [-0.25, -0.2) is 0 Å². The minimum Gasteiger partial charge on any atom is -0.469 e. The second kappa shape index (κ2) is 5.75. The summed E-state index contributed by atoms with van der Waals surface area (Å²) in [6.07, 6.45) is 6.06. The first kappa shape index (κ1) is 19.8. The fourth-order valence-corrected chi connectivity index (χ4v) is 7.78. The molecule has 0 aromatic heterocycles. The third kappa shape index (κ3) is 1.89. The summed E-state index contributed by atoms with van der Waals surface area (Å²) in [5, 5.41) is 0. The minimum atomic E-state index is -1.29. The molecule has 4 aliphatic carbocycles. The van der Waals surface area contributed by atoms with E-state index in [2.05, 4.69) is 6.58 Å². The lowest BCUT2D eigenvalue weighted by atomic mass is 9.59. The average molecular weight is 416 g/mol. The number of allylic oxidation sites excluding steroid dienone is 1. The van der Waals surface area contributed by atoms with Crippen molar-refractivity contribution in [1.29, 1.82) is 0 Å². The van der Waals surface area contributed by atoms with E-state index in [1.807, 2.05) is 6.08 Å². The van der Waals surface area contributed by atoms with E-state index in [0.29, 0.717) is 12.3 Å². The summed E-state index contributed by atoms with van der Waals surface area (Å²) in [5.74, 6) is -2.17. The van der Waals surface area contributed by atoms with Crippen LogP contribution in [0.15, 0.2) is 24.3 Å². The Morgan fingerprint density at radius 1 is 1.23 bits per heavy atom. The number of rotatable bonds is 3. The van der Waals surface area contributed by atoms with Crippen molar-refractivity contribution >= 4 is 17.9 Å². The van der Waals surface area contributed by atoms with E-state index in [9.17, 15) is 14.4 Å². The Kier molecular flexibility index (Phi) is 3.79. The van der Waals surface area contributed by atoms with Gasteiger partial charge in [0.15, 0.2) is 0 Å². The zero-order valence-electron chi connectivity index (χ0n) is 17.9. The van der Waals surface area contributed by atoms with Gasteiger partial charge in [0.1, 0.15) is 22.7 Å². The highest BCUT2D eigenvalue weighted by atomic mass is 16.6. The maximum Gasteiger partial charge on any atom is 0.316 e. The van der Waals surface area contributed by atoms with Gasteiger partial charge in [-0.05, 0) is 50.7 Å². The molecule has 0 aromatic rings. The van der Waals surface area contributed by atoms with Crippen molar-refractivity contribution in [1.82, 2.24) is 0 Å². The Morgan fingerprint density at radius 3 is 2.60 bits per heavy atom. The van der Waals surface area contributed by atoms with Crippen LogP contribution in [-0.2, 0) is 33.3 Å². The minimum absolute atomic E-state index is 0.349. The molecule has 2 bridgehead atoms. The molecule has 0 aromatic carbocycles. The molecule has 3 saturated carbocycles. The van der Waals surface area contributed by atoms with Gasteiger partial charge in [0.2, 0.25) is 0 Å². The third-order valence-corrected chi connectivity index (χ3v) is 8.83. The van der Waals surface area contributed by atoms with Crippen LogP contribution in [0.4, 0.5) is 0 Å². The average Bonchev–Trinajstić information content (AvgIpc) is 3.18. The zero-order chi connectivity index (χ0) is 21.7. The zero-order valence-corrected chi connectivity index (χ0v) is 17.9. The molecule has 1 saturated heterocycles. The molecule has 0 N–H and O–H groups in total. The molecule has 1 heterocycles. The highest BCUT2D eigenvalue weighted by molar-refractivity contribution is 5.85. The topological polar surface area (TPSA) is 91.4 Å². The normalized spacial score (nSPS) is 49.5. The van der Waals surface area contributed by atoms with E-state index in [0.717, 1.165) is 24.8 Å². The number of esters is 3. The number of methoxy groups -OCH3 is 2. The number of hydrogen-bond acceptors (Lipinski definition) is 7. The Labute approximate surface area is 175 Å². The lowest BCUT2D eigenvalue weighted by molar-refractivity contribution is -0.185. The standard InChI is InChI=1S/C23H28O7/c1-12-10-21-11-14(12)6-9-23(21)22(30-23)8-7-15(29-13(2)24)20(3,19(26)28-5)17(22)16(21)18(25)27-4/h7-8,14-17H,1,6,9-11H2,2-5H3/t14-,15+,16-,17-,20-,21-,22+,23-/m1/s1. The molecule has 162 valence electrons. The number of hydrogen-bond donors (Lipinski definition) is 0. The summed E-state index contributed by atoms with van der Waals surface area (Å²) < 4.78 is 22.6. The molecule has 4 fully saturated rings. The van der Waals surface area contributed by atoms with E-state index < -0.39 is 51.9 Å². The van der Waals surface area contributed by atoms with Crippen LogP contribution in [0.3, 0.4) is 0 Å². The van der Waals surface area contributed by atoms with Crippen LogP contribution in [0.1, 0.15) is 39.5 Å². The molecule has 7 heteroatoms. The second-order valence-electron chi connectivity index (χ2n) is 9.79. The molecule has 8 atom stereocenters. The maximum absolute atomic E-state index is 13.3. The summed E-state index contributed by atoms with van der Waals surface area (Å²) >= 11 is 0. The molecule has 0 unspecified atom stereocenters. The number of ether oxygens (including phenoxy) is 4. The van der Waals surface area contributed by atoms with Gasteiger partial charge < -0.3 is 18.9 Å². The Balaban J connectivity index is 1.74. The quantitative estimate of drug-likeness (QED) is 0.302. The van der Waals surface area contributed by atoms with E-state index >= 15 is 0 Å². The summed E-state index contributed by atoms with van der Waals surface area (Å²) in [6, 6.07) is 0. The summed E-state index contributed by atoms with van der Waals surface area (Å²) in [6.45, 7) is 7.32. The highest BCUT2D eigenvalue weighted by Crippen LogP contribution is 2.85. The van der Waals surface area contributed by atoms with Crippen LogP contribution in [0, 0.1) is 28.6 Å². The van der Waals surface area contributed by atoms with Gasteiger partial charge in [-0.15, -0.1) is 0 Å². The van der Waals surface area contributed by atoms with Crippen molar-refractivity contribution in [2.24, 2.45) is 28.6 Å². The van der Waals surface area contributed by atoms with Crippen molar-refractivity contribution < 1.29 is 33.3 Å². The van der Waals surface area contributed by atoms with Gasteiger partial charge in [-0.3, -0.25) is 14.4 Å². The molecule has 1 aliphatic heterocycles. The van der Waals surface area contributed by atoms with E-state index in [4.69, 9.17) is 18.9 Å². The second-order valence-corrected chi connectivity index (χ2v) is 9.79. The first-order valence-electron chi connectivity index (χ1n) is 10.5. The van der Waals surface area contributed by atoms with Crippen molar-refractivity contribution in [3.05, 3.63) is 24.3 Å². The highest BCUT2D eigenvalue weighted by Gasteiger charge is 2.93. The molecule has 0 radical (unpaired) electrons. The van der Waals surface area contributed by atoms with Gasteiger partial charge in [0.05, 0.1) is 20.1 Å². The lowest BCUT2D eigenvalue weighted by Gasteiger charge is -2.47. The predicted octanol–water partition coefficient (Wildman–Crippen LogP) is 2.34. The molecule has 5 aliphatic rings. The van der Waals surface area contributed by atoms with Crippen LogP contribution in [0.2, 0.25) is 0 Å². The van der Waals surface area contributed by atoms with Gasteiger partial charge in [-0.1, -0.05) is 12.2 Å². The Morgan fingerprint density at radius 2 is 1.97 bits per heavy atom. The number of carbonyl (C=O) groups excluding carboxylic acids is 3. The van der Waals surface area contributed by atoms with Crippen molar-refractivity contribution in [2.45, 2.75) is 56.8 Å². The van der Waals surface area contributed by atoms with Crippen molar-refractivity contribution in [3.8, 4) is 0 Å². The molecule has 0 amide bonds. The van der Waals surface area contributed by atoms with Crippen LogP contribution in [0.25, 0.3) is 0 Å². The van der Waals surface area contributed by atoms with Crippen LogP contribution >= 0.6 is 0 Å². The summed E-state index contributed by atoms with van der Waals surface area (Å²) in [4.78, 5) is 38.4. The first-order chi connectivity index (χ1) is 14.1. The summed E-state index contributed by atoms with van der Waals surface area (Å²) in [7, 11) is 2.69. The van der Waals surface area contributed by atoms with Crippen molar-refractivity contribution in [3.63, 3.8) is 0 Å². The molecule has 5 rings (SSSR count). The van der Waals surface area contributed by atoms with Gasteiger partial charge in [0.25, 0.3) is 0 Å². The van der Waals surface area contributed by atoms with E-state index in [-0.39, 0.29) is 5.97 Å². The first-order valence-corrected chi connectivity index (χ1v) is 10.5. The smallest absolute Gasteiger partial charge is 0.316 e. The maximum atomic E-state index is 13.3. The predicted molar refractivity (Wildman–Crippen MR) is 104 cm³/mol. The van der Waals surface area contributed by atoms with Gasteiger partial charge in [-0.2, -0.15) is 0 Å². The molecule has 30 heavy (non-hydrogen) atoms. The van der Waals surface area contributed by atoms with Crippen LogP contribution in [0.5, 0.6) is 0 Å². The summed E-state index contributed by atoms with van der Waals surface area (Å²) in [5.41, 5.74) is -1.93.